The van der Waals surface area contributed by atoms with E-state index in [0.717, 1.165) is 0 Å². The van der Waals surface area contributed by atoms with Gasteiger partial charge in [-0.25, -0.2) is 4.79 Å². The number of para-hydroxylation sites is 1. The number of benzene rings is 1. The van der Waals surface area contributed by atoms with E-state index < -0.39 is 6.04 Å². The van der Waals surface area contributed by atoms with E-state index in [4.69, 9.17) is 9.47 Å². The van der Waals surface area contributed by atoms with Crippen molar-refractivity contribution < 1.29 is 19.4 Å². The standard InChI is InChI=1S/C15H21NO4/c1-10(2)8-12(15(18)20-4)16-9-11-6-5-7-13(19-3)14(11)17/h5-7,9-10,12,17H,8H2,1-4H3/t12-/m0/s1. The molecule has 0 radical (unpaired) electrons. The minimum Gasteiger partial charge on any atom is -0.504 e. The van der Waals surface area contributed by atoms with Gasteiger partial charge < -0.3 is 14.6 Å². The summed E-state index contributed by atoms with van der Waals surface area (Å²) in [6.45, 7) is 4.02. The third kappa shape index (κ3) is 4.26. The van der Waals surface area contributed by atoms with Crippen LogP contribution in [0.25, 0.3) is 0 Å². The number of phenols is 1. The van der Waals surface area contributed by atoms with E-state index in [-0.39, 0.29) is 11.7 Å². The van der Waals surface area contributed by atoms with E-state index in [1.807, 2.05) is 13.8 Å². The fourth-order valence-corrected chi connectivity index (χ4v) is 1.78. The molecule has 0 amide bonds. The Labute approximate surface area is 119 Å². The number of carbonyl (C=O) groups excluding carboxylic acids is 1. The van der Waals surface area contributed by atoms with Crippen molar-refractivity contribution in [3.05, 3.63) is 23.8 Å². The average molecular weight is 279 g/mol. The lowest BCUT2D eigenvalue weighted by Gasteiger charge is -2.12. The van der Waals surface area contributed by atoms with Gasteiger partial charge in [0, 0.05) is 11.8 Å². The normalized spacial score (nSPS) is 12.7. The molecule has 5 nitrogen and oxygen atoms in total. The molecule has 0 saturated carbocycles. The predicted octanol–water partition coefficient (Wildman–Crippen LogP) is 2.41. The first-order valence-electron chi connectivity index (χ1n) is 6.46. The maximum absolute atomic E-state index is 11.7. The minimum absolute atomic E-state index is 0.00640. The summed E-state index contributed by atoms with van der Waals surface area (Å²) in [5.74, 6) is 0.312. The van der Waals surface area contributed by atoms with Crippen LogP contribution in [0.5, 0.6) is 11.5 Å². The van der Waals surface area contributed by atoms with Crippen molar-refractivity contribution in [1.29, 1.82) is 0 Å². The molecule has 1 atom stereocenters. The van der Waals surface area contributed by atoms with Gasteiger partial charge in [-0.05, 0) is 24.5 Å². The van der Waals surface area contributed by atoms with Crippen LogP contribution in [-0.4, -0.2) is 37.6 Å². The quantitative estimate of drug-likeness (QED) is 0.641. The molecular formula is C15H21NO4. The number of aliphatic imine (C=N–C) groups is 1. The van der Waals surface area contributed by atoms with Gasteiger partial charge in [-0.15, -0.1) is 0 Å². The summed E-state index contributed by atoms with van der Waals surface area (Å²) in [4.78, 5) is 15.9. The van der Waals surface area contributed by atoms with Crippen LogP contribution in [0.1, 0.15) is 25.8 Å². The second-order valence-corrected chi connectivity index (χ2v) is 4.84. The molecule has 0 unspecified atom stereocenters. The minimum atomic E-state index is -0.564. The van der Waals surface area contributed by atoms with Crippen LogP contribution in [0.15, 0.2) is 23.2 Å². The molecule has 0 aliphatic carbocycles. The van der Waals surface area contributed by atoms with Crippen molar-refractivity contribution in [1.82, 2.24) is 0 Å². The van der Waals surface area contributed by atoms with Gasteiger partial charge >= 0.3 is 5.97 Å². The largest absolute Gasteiger partial charge is 0.504 e. The summed E-state index contributed by atoms with van der Waals surface area (Å²) in [6.07, 6.45) is 2.07. The second-order valence-electron chi connectivity index (χ2n) is 4.84. The molecule has 0 saturated heterocycles. The zero-order chi connectivity index (χ0) is 15.1. The molecule has 110 valence electrons. The highest BCUT2D eigenvalue weighted by molar-refractivity contribution is 5.87. The van der Waals surface area contributed by atoms with Gasteiger partial charge in [-0.3, -0.25) is 4.99 Å². The molecule has 0 spiro atoms. The van der Waals surface area contributed by atoms with Crippen molar-refractivity contribution in [3.8, 4) is 11.5 Å². The molecule has 0 aliphatic heterocycles. The number of aromatic hydroxyl groups is 1. The first-order valence-corrected chi connectivity index (χ1v) is 6.46. The van der Waals surface area contributed by atoms with Crippen molar-refractivity contribution in [2.45, 2.75) is 26.3 Å². The number of phenolic OH excluding ortho intramolecular Hbond substituents is 1. The zero-order valence-corrected chi connectivity index (χ0v) is 12.3. The van der Waals surface area contributed by atoms with Crippen LogP contribution in [0.2, 0.25) is 0 Å². The van der Waals surface area contributed by atoms with Gasteiger partial charge in [-0.1, -0.05) is 19.9 Å². The predicted molar refractivity (Wildman–Crippen MR) is 77.5 cm³/mol. The van der Waals surface area contributed by atoms with Gasteiger partial charge in [0.2, 0.25) is 0 Å². The summed E-state index contributed by atoms with van der Waals surface area (Å²) in [7, 11) is 2.82. The van der Waals surface area contributed by atoms with E-state index >= 15 is 0 Å². The molecule has 5 heteroatoms. The highest BCUT2D eigenvalue weighted by Gasteiger charge is 2.19. The Balaban J connectivity index is 2.95. The Morgan fingerprint density at radius 2 is 2.10 bits per heavy atom. The number of carbonyl (C=O) groups is 1. The number of esters is 1. The number of hydrogen-bond donors (Lipinski definition) is 1. The molecule has 1 N–H and O–H groups in total. The first-order chi connectivity index (χ1) is 9.49. The van der Waals surface area contributed by atoms with Crippen LogP contribution >= 0.6 is 0 Å². The van der Waals surface area contributed by atoms with Gasteiger partial charge in [-0.2, -0.15) is 0 Å². The third-order valence-corrected chi connectivity index (χ3v) is 2.81. The van der Waals surface area contributed by atoms with E-state index in [9.17, 15) is 9.90 Å². The molecular weight excluding hydrogens is 258 g/mol. The second kappa shape index (κ2) is 7.53. The van der Waals surface area contributed by atoms with Gasteiger partial charge in [0.25, 0.3) is 0 Å². The summed E-state index contributed by atoms with van der Waals surface area (Å²) >= 11 is 0. The molecule has 0 aliphatic rings. The maximum Gasteiger partial charge on any atom is 0.330 e. The van der Waals surface area contributed by atoms with Crippen molar-refractivity contribution in [3.63, 3.8) is 0 Å². The Hall–Kier alpha value is -2.04. The van der Waals surface area contributed by atoms with E-state index in [0.29, 0.717) is 23.7 Å². The van der Waals surface area contributed by atoms with Crippen LogP contribution in [0.3, 0.4) is 0 Å². The lowest BCUT2D eigenvalue weighted by atomic mass is 10.0. The van der Waals surface area contributed by atoms with E-state index in [1.165, 1.54) is 20.4 Å². The van der Waals surface area contributed by atoms with Crippen LogP contribution in [0, 0.1) is 5.92 Å². The smallest absolute Gasteiger partial charge is 0.330 e. The number of nitrogens with zero attached hydrogens (tertiary/aromatic N) is 1. The number of rotatable bonds is 6. The Kier molecular flexibility index (Phi) is 6.03. The Morgan fingerprint density at radius 1 is 1.40 bits per heavy atom. The average Bonchev–Trinajstić information content (AvgIpc) is 2.43. The van der Waals surface area contributed by atoms with Crippen LogP contribution in [0.4, 0.5) is 0 Å². The number of methoxy groups -OCH3 is 2. The molecule has 20 heavy (non-hydrogen) atoms. The van der Waals surface area contributed by atoms with Crippen LogP contribution < -0.4 is 4.74 Å². The molecule has 0 heterocycles. The highest BCUT2D eigenvalue weighted by atomic mass is 16.5. The monoisotopic (exact) mass is 279 g/mol. The highest BCUT2D eigenvalue weighted by Crippen LogP contribution is 2.28. The van der Waals surface area contributed by atoms with E-state index in [2.05, 4.69) is 4.99 Å². The van der Waals surface area contributed by atoms with Crippen molar-refractivity contribution in [2.75, 3.05) is 14.2 Å². The molecule has 1 rings (SSSR count). The summed E-state index contributed by atoms with van der Waals surface area (Å²) in [5.41, 5.74) is 0.502. The van der Waals surface area contributed by atoms with Gasteiger partial charge in [0.15, 0.2) is 11.5 Å². The van der Waals surface area contributed by atoms with Gasteiger partial charge in [0.05, 0.1) is 14.2 Å². The number of hydrogen-bond acceptors (Lipinski definition) is 5. The van der Waals surface area contributed by atoms with Crippen LogP contribution in [-0.2, 0) is 9.53 Å². The topological polar surface area (TPSA) is 68.1 Å². The SMILES string of the molecule is COC(=O)[C@H](CC(C)C)N=Cc1cccc(OC)c1O. The lowest BCUT2D eigenvalue weighted by molar-refractivity contribution is -0.142. The van der Waals surface area contributed by atoms with E-state index in [1.54, 1.807) is 18.2 Å². The summed E-state index contributed by atoms with van der Waals surface area (Å²) in [5, 5.41) is 9.95. The first kappa shape index (κ1) is 16.0. The molecule has 0 aromatic heterocycles. The van der Waals surface area contributed by atoms with Gasteiger partial charge in [0.1, 0.15) is 6.04 Å². The fourth-order valence-electron chi connectivity index (χ4n) is 1.78. The Bertz CT molecular complexity index is 483. The summed E-state index contributed by atoms with van der Waals surface area (Å²) < 4.78 is 9.76. The molecule has 1 aromatic rings. The lowest BCUT2D eigenvalue weighted by Crippen LogP contribution is -2.22. The molecule has 0 fully saturated rings. The van der Waals surface area contributed by atoms with Crippen molar-refractivity contribution >= 4 is 12.2 Å². The molecule has 0 bridgehead atoms. The third-order valence-electron chi connectivity index (χ3n) is 2.81. The fraction of sp³-hybridized carbons (Fsp3) is 0.467. The maximum atomic E-state index is 11.7. The Morgan fingerprint density at radius 3 is 2.65 bits per heavy atom. The zero-order valence-electron chi connectivity index (χ0n) is 12.3. The van der Waals surface area contributed by atoms with Crippen molar-refractivity contribution in [2.24, 2.45) is 10.9 Å². The number of ether oxygens (including phenoxy) is 2. The summed E-state index contributed by atoms with van der Waals surface area (Å²) in [6, 6.07) is 4.53. The molecule has 1 aromatic carbocycles.